The molecule has 0 saturated carbocycles. The molecule has 0 radical (unpaired) electrons. The average Bonchev–Trinajstić information content (AvgIpc) is 2.19. The van der Waals surface area contributed by atoms with E-state index >= 15 is 0 Å². The molecule has 1 unspecified atom stereocenters. The summed E-state index contributed by atoms with van der Waals surface area (Å²) in [6.07, 6.45) is 2.96. The molecule has 70 valence electrons. The van der Waals surface area contributed by atoms with E-state index in [1.165, 1.54) is 5.56 Å². The monoisotopic (exact) mass is 175 g/mol. The maximum absolute atomic E-state index is 3.69. The molecule has 0 aliphatic heterocycles. The fraction of sp³-hybridized carbons (Fsp3) is 0.333. The molecule has 0 spiro atoms. The van der Waals surface area contributed by atoms with E-state index < -0.39 is 0 Å². The third kappa shape index (κ3) is 3.43. The molecule has 0 aliphatic carbocycles. The SMILES string of the molecule is C=CCCNC(C)c1ccccc1. The van der Waals surface area contributed by atoms with Crippen LogP contribution in [0, 0.1) is 0 Å². The zero-order valence-electron chi connectivity index (χ0n) is 8.16. The van der Waals surface area contributed by atoms with E-state index in [2.05, 4.69) is 43.1 Å². The van der Waals surface area contributed by atoms with Gasteiger partial charge in [-0.2, -0.15) is 0 Å². The minimum Gasteiger partial charge on any atom is -0.310 e. The van der Waals surface area contributed by atoms with Crippen molar-refractivity contribution in [3.63, 3.8) is 0 Å². The van der Waals surface area contributed by atoms with Crippen molar-refractivity contribution in [2.75, 3.05) is 6.54 Å². The predicted molar refractivity (Wildman–Crippen MR) is 57.7 cm³/mol. The van der Waals surface area contributed by atoms with Gasteiger partial charge in [0, 0.05) is 6.04 Å². The highest BCUT2D eigenvalue weighted by atomic mass is 14.9. The van der Waals surface area contributed by atoms with Gasteiger partial charge in [-0.25, -0.2) is 0 Å². The maximum Gasteiger partial charge on any atom is 0.0291 e. The number of rotatable bonds is 5. The summed E-state index contributed by atoms with van der Waals surface area (Å²) in [4.78, 5) is 0. The summed E-state index contributed by atoms with van der Waals surface area (Å²) in [7, 11) is 0. The molecule has 1 atom stereocenters. The number of benzene rings is 1. The normalized spacial score (nSPS) is 12.4. The molecule has 1 aromatic carbocycles. The Bertz CT molecular complexity index is 241. The second-order valence-corrected chi connectivity index (χ2v) is 3.16. The Morgan fingerprint density at radius 1 is 1.38 bits per heavy atom. The number of nitrogens with one attached hydrogen (secondary N) is 1. The molecular weight excluding hydrogens is 158 g/mol. The summed E-state index contributed by atoms with van der Waals surface area (Å²) in [6.45, 7) is 6.87. The van der Waals surface area contributed by atoms with Crippen LogP contribution in [-0.2, 0) is 0 Å². The third-order valence-corrected chi connectivity index (χ3v) is 2.10. The van der Waals surface area contributed by atoms with Gasteiger partial charge in [0.05, 0.1) is 0 Å². The van der Waals surface area contributed by atoms with E-state index in [0.717, 1.165) is 13.0 Å². The minimum absolute atomic E-state index is 0.432. The van der Waals surface area contributed by atoms with E-state index in [9.17, 15) is 0 Å². The first-order valence-corrected chi connectivity index (χ1v) is 4.74. The molecule has 1 rings (SSSR count). The Kier molecular flexibility index (Phi) is 4.27. The van der Waals surface area contributed by atoms with Crippen LogP contribution in [0.2, 0.25) is 0 Å². The van der Waals surface area contributed by atoms with E-state index in [0.29, 0.717) is 6.04 Å². The lowest BCUT2D eigenvalue weighted by molar-refractivity contribution is 0.581. The summed E-state index contributed by atoms with van der Waals surface area (Å²) in [5.74, 6) is 0. The molecule has 0 amide bonds. The Morgan fingerprint density at radius 3 is 2.69 bits per heavy atom. The summed E-state index contributed by atoms with van der Waals surface area (Å²) in [5, 5.41) is 3.43. The van der Waals surface area contributed by atoms with Gasteiger partial charge in [-0.3, -0.25) is 0 Å². The fourth-order valence-electron chi connectivity index (χ4n) is 1.26. The summed E-state index contributed by atoms with van der Waals surface area (Å²) in [5.41, 5.74) is 1.34. The standard InChI is InChI=1S/C12H17N/c1-3-4-10-13-11(2)12-8-6-5-7-9-12/h3,5-9,11,13H,1,4,10H2,2H3. The van der Waals surface area contributed by atoms with Crippen LogP contribution in [0.4, 0.5) is 0 Å². The fourth-order valence-corrected chi connectivity index (χ4v) is 1.26. The van der Waals surface area contributed by atoms with Gasteiger partial charge in [-0.05, 0) is 25.5 Å². The van der Waals surface area contributed by atoms with Crippen LogP contribution in [0.15, 0.2) is 43.0 Å². The number of hydrogen-bond donors (Lipinski definition) is 1. The van der Waals surface area contributed by atoms with Crippen molar-refractivity contribution in [1.82, 2.24) is 5.32 Å². The topological polar surface area (TPSA) is 12.0 Å². The first kappa shape index (κ1) is 10.0. The van der Waals surface area contributed by atoms with E-state index in [1.807, 2.05) is 12.1 Å². The molecule has 13 heavy (non-hydrogen) atoms. The zero-order chi connectivity index (χ0) is 9.52. The predicted octanol–water partition coefficient (Wildman–Crippen LogP) is 2.91. The molecule has 0 fully saturated rings. The van der Waals surface area contributed by atoms with Crippen LogP contribution in [0.5, 0.6) is 0 Å². The van der Waals surface area contributed by atoms with Gasteiger partial charge in [0.15, 0.2) is 0 Å². The van der Waals surface area contributed by atoms with Crippen molar-refractivity contribution < 1.29 is 0 Å². The first-order chi connectivity index (χ1) is 6.34. The average molecular weight is 175 g/mol. The van der Waals surface area contributed by atoms with Crippen LogP contribution < -0.4 is 5.32 Å². The zero-order valence-corrected chi connectivity index (χ0v) is 8.16. The molecule has 0 saturated heterocycles. The highest BCUT2D eigenvalue weighted by Gasteiger charge is 2.01. The highest BCUT2D eigenvalue weighted by molar-refractivity contribution is 5.17. The van der Waals surface area contributed by atoms with Crippen molar-refractivity contribution in [3.05, 3.63) is 48.6 Å². The third-order valence-electron chi connectivity index (χ3n) is 2.10. The molecular formula is C12H17N. The molecule has 1 heteroatoms. The Labute approximate surface area is 80.5 Å². The van der Waals surface area contributed by atoms with Crippen molar-refractivity contribution >= 4 is 0 Å². The minimum atomic E-state index is 0.432. The quantitative estimate of drug-likeness (QED) is 0.536. The van der Waals surface area contributed by atoms with Gasteiger partial charge < -0.3 is 5.32 Å². The second kappa shape index (κ2) is 5.55. The number of hydrogen-bond acceptors (Lipinski definition) is 1. The van der Waals surface area contributed by atoms with Gasteiger partial charge in [-0.1, -0.05) is 36.4 Å². The molecule has 0 heterocycles. The summed E-state index contributed by atoms with van der Waals surface area (Å²) in [6, 6.07) is 10.9. The van der Waals surface area contributed by atoms with Crippen LogP contribution in [0.25, 0.3) is 0 Å². The molecule has 1 N–H and O–H groups in total. The lowest BCUT2D eigenvalue weighted by Gasteiger charge is -2.12. The van der Waals surface area contributed by atoms with Crippen LogP contribution in [0.3, 0.4) is 0 Å². The first-order valence-electron chi connectivity index (χ1n) is 4.74. The molecule has 1 aromatic rings. The van der Waals surface area contributed by atoms with Crippen molar-refractivity contribution in [2.45, 2.75) is 19.4 Å². The van der Waals surface area contributed by atoms with Gasteiger partial charge >= 0.3 is 0 Å². The Hall–Kier alpha value is -1.08. The molecule has 0 aromatic heterocycles. The van der Waals surface area contributed by atoms with E-state index in [4.69, 9.17) is 0 Å². The van der Waals surface area contributed by atoms with Crippen molar-refractivity contribution in [1.29, 1.82) is 0 Å². The van der Waals surface area contributed by atoms with E-state index in [1.54, 1.807) is 0 Å². The Balaban J connectivity index is 2.39. The van der Waals surface area contributed by atoms with Crippen LogP contribution in [0.1, 0.15) is 24.9 Å². The maximum atomic E-state index is 3.69. The van der Waals surface area contributed by atoms with Gasteiger partial charge in [0.2, 0.25) is 0 Å². The largest absolute Gasteiger partial charge is 0.310 e. The Morgan fingerprint density at radius 2 is 2.08 bits per heavy atom. The molecule has 0 aliphatic rings. The van der Waals surface area contributed by atoms with E-state index in [-0.39, 0.29) is 0 Å². The smallest absolute Gasteiger partial charge is 0.0291 e. The lowest BCUT2D eigenvalue weighted by atomic mass is 10.1. The molecule has 0 bridgehead atoms. The van der Waals surface area contributed by atoms with Gasteiger partial charge in [0.1, 0.15) is 0 Å². The highest BCUT2D eigenvalue weighted by Crippen LogP contribution is 2.10. The van der Waals surface area contributed by atoms with Gasteiger partial charge in [-0.15, -0.1) is 6.58 Å². The lowest BCUT2D eigenvalue weighted by Crippen LogP contribution is -2.19. The van der Waals surface area contributed by atoms with Crippen molar-refractivity contribution in [2.24, 2.45) is 0 Å². The second-order valence-electron chi connectivity index (χ2n) is 3.16. The van der Waals surface area contributed by atoms with Crippen LogP contribution in [-0.4, -0.2) is 6.54 Å². The van der Waals surface area contributed by atoms with Gasteiger partial charge in [0.25, 0.3) is 0 Å². The van der Waals surface area contributed by atoms with Crippen molar-refractivity contribution in [3.8, 4) is 0 Å². The molecule has 1 nitrogen and oxygen atoms in total. The van der Waals surface area contributed by atoms with Crippen LogP contribution >= 0.6 is 0 Å². The summed E-state index contributed by atoms with van der Waals surface area (Å²) >= 11 is 0. The summed E-state index contributed by atoms with van der Waals surface area (Å²) < 4.78 is 0.